The first kappa shape index (κ1) is 20.1. The Labute approximate surface area is 175 Å². The van der Waals surface area contributed by atoms with Crippen molar-refractivity contribution in [3.63, 3.8) is 0 Å². The first-order chi connectivity index (χ1) is 14.7. The zero-order valence-electron chi connectivity index (χ0n) is 16.8. The van der Waals surface area contributed by atoms with E-state index in [1.165, 1.54) is 12.1 Å². The minimum Gasteiger partial charge on any atom is -0.421 e. The molecule has 0 bridgehead atoms. The highest BCUT2D eigenvalue weighted by atomic mass is 19.1. The molecule has 1 fully saturated rings. The quantitative estimate of drug-likeness (QED) is 0.618. The lowest BCUT2D eigenvalue weighted by molar-refractivity contribution is -0.131. The molecule has 3 aromatic rings. The third-order valence-corrected chi connectivity index (χ3v) is 5.31. The molecule has 0 unspecified atom stereocenters. The standard InChI is InChI=1S/C23H25FN4O2/c24-19-10-12-20(13-11-19)27-14-5-15-28(17-16-27)22(29)9-4-8-21-25-26-23(30-21)18-6-2-1-3-7-18/h1-3,6-7,10-13H,4-5,8-9,14-17H2. The number of carbonyl (C=O) groups is 1. The minimum absolute atomic E-state index is 0.152. The predicted molar refractivity (Wildman–Crippen MR) is 112 cm³/mol. The number of carbonyl (C=O) groups excluding carboxylic acids is 1. The number of hydrogen-bond donors (Lipinski definition) is 0. The molecule has 0 atom stereocenters. The summed E-state index contributed by atoms with van der Waals surface area (Å²) in [5, 5.41) is 8.18. The molecule has 0 saturated carbocycles. The van der Waals surface area contributed by atoms with Crippen LogP contribution in [0.15, 0.2) is 59.0 Å². The van der Waals surface area contributed by atoms with Crippen molar-refractivity contribution in [2.45, 2.75) is 25.7 Å². The summed E-state index contributed by atoms with van der Waals surface area (Å²) in [6.45, 7) is 3.03. The first-order valence-corrected chi connectivity index (χ1v) is 10.3. The fourth-order valence-corrected chi connectivity index (χ4v) is 3.68. The van der Waals surface area contributed by atoms with Gasteiger partial charge in [0.1, 0.15) is 5.82 Å². The normalized spacial score (nSPS) is 14.6. The van der Waals surface area contributed by atoms with Gasteiger partial charge in [0, 0.05) is 50.3 Å². The molecule has 0 spiro atoms. The number of rotatable bonds is 6. The van der Waals surface area contributed by atoms with Crippen molar-refractivity contribution in [1.82, 2.24) is 15.1 Å². The maximum Gasteiger partial charge on any atom is 0.247 e. The van der Waals surface area contributed by atoms with Gasteiger partial charge in [0.25, 0.3) is 0 Å². The molecule has 1 aliphatic rings. The Morgan fingerprint density at radius 2 is 1.77 bits per heavy atom. The molecular formula is C23H25FN4O2. The van der Waals surface area contributed by atoms with Crippen molar-refractivity contribution in [2.24, 2.45) is 0 Å². The van der Waals surface area contributed by atoms with Crippen LogP contribution in [0.1, 0.15) is 25.2 Å². The van der Waals surface area contributed by atoms with E-state index < -0.39 is 0 Å². The highest BCUT2D eigenvalue weighted by Gasteiger charge is 2.19. The molecule has 7 heteroatoms. The van der Waals surface area contributed by atoms with Crippen LogP contribution in [-0.4, -0.2) is 47.2 Å². The monoisotopic (exact) mass is 408 g/mol. The highest BCUT2D eigenvalue weighted by Crippen LogP contribution is 2.19. The fraction of sp³-hybridized carbons (Fsp3) is 0.348. The summed E-state index contributed by atoms with van der Waals surface area (Å²) in [7, 11) is 0. The molecule has 4 rings (SSSR count). The number of aromatic nitrogens is 2. The van der Waals surface area contributed by atoms with Crippen molar-refractivity contribution in [3.05, 3.63) is 66.3 Å². The van der Waals surface area contributed by atoms with Crippen LogP contribution < -0.4 is 4.90 Å². The second-order valence-electron chi connectivity index (χ2n) is 7.42. The number of hydrogen-bond acceptors (Lipinski definition) is 5. The highest BCUT2D eigenvalue weighted by molar-refractivity contribution is 5.76. The Morgan fingerprint density at radius 3 is 2.57 bits per heavy atom. The van der Waals surface area contributed by atoms with Gasteiger partial charge in [-0.2, -0.15) is 0 Å². The van der Waals surface area contributed by atoms with Gasteiger partial charge >= 0.3 is 0 Å². The van der Waals surface area contributed by atoms with Gasteiger partial charge in [-0.05, 0) is 49.2 Å². The van der Waals surface area contributed by atoms with Gasteiger partial charge in [-0.3, -0.25) is 4.79 Å². The van der Waals surface area contributed by atoms with Crippen LogP contribution in [0.4, 0.5) is 10.1 Å². The number of benzene rings is 2. The summed E-state index contributed by atoms with van der Waals surface area (Å²) in [4.78, 5) is 16.8. The molecular weight excluding hydrogens is 383 g/mol. The molecule has 1 aliphatic heterocycles. The molecule has 1 amide bonds. The summed E-state index contributed by atoms with van der Waals surface area (Å²) in [6, 6.07) is 16.2. The zero-order chi connectivity index (χ0) is 20.8. The van der Waals surface area contributed by atoms with Gasteiger partial charge in [-0.15, -0.1) is 10.2 Å². The van der Waals surface area contributed by atoms with Gasteiger partial charge < -0.3 is 14.2 Å². The molecule has 156 valence electrons. The Balaban J connectivity index is 1.24. The molecule has 1 saturated heterocycles. The van der Waals surface area contributed by atoms with E-state index in [9.17, 15) is 9.18 Å². The second-order valence-corrected chi connectivity index (χ2v) is 7.42. The lowest BCUT2D eigenvalue weighted by Gasteiger charge is -2.23. The SMILES string of the molecule is O=C(CCCc1nnc(-c2ccccc2)o1)N1CCCN(c2ccc(F)cc2)CC1. The number of amides is 1. The van der Waals surface area contributed by atoms with Crippen molar-refractivity contribution >= 4 is 11.6 Å². The molecule has 2 aromatic carbocycles. The Morgan fingerprint density at radius 1 is 0.967 bits per heavy atom. The van der Waals surface area contributed by atoms with E-state index in [0.717, 1.165) is 37.3 Å². The third-order valence-electron chi connectivity index (χ3n) is 5.31. The molecule has 1 aromatic heterocycles. The molecule has 30 heavy (non-hydrogen) atoms. The van der Waals surface area contributed by atoms with Gasteiger partial charge in [-0.1, -0.05) is 18.2 Å². The van der Waals surface area contributed by atoms with Crippen LogP contribution in [0.5, 0.6) is 0 Å². The van der Waals surface area contributed by atoms with Crippen LogP contribution in [0.25, 0.3) is 11.5 Å². The molecule has 6 nitrogen and oxygen atoms in total. The Bertz CT molecular complexity index is 959. The van der Waals surface area contributed by atoms with Crippen LogP contribution in [0.2, 0.25) is 0 Å². The van der Waals surface area contributed by atoms with Crippen molar-refractivity contribution in [1.29, 1.82) is 0 Å². The van der Waals surface area contributed by atoms with Crippen LogP contribution in [0, 0.1) is 5.82 Å². The lowest BCUT2D eigenvalue weighted by atomic mass is 10.2. The summed E-state index contributed by atoms with van der Waals surface area (Å²) >= 11 is 0. The molecule has 0 aliphatic carbocycles. The van der Waals surface area contributed by atoms with Crippen molar-refractivity contribution in [3.8, 4) is 11.5 Å². The summed E-state index contributed by atoms with van der Waals surface area (Å²) in [5.74, 6) is 0.978. The zero-order valence-corrected chi connectivity index (χ0v) is 16.8. The Hall–Kier alpha value is -3.22. The fourth-order valence-electron chi connectivity index (χ4n) is 3.68. The first-order valence-electron chi connectivity index (χ1n) is 10.3. The van der Waals surface area contributed by atoms with Gasteiger partial charge in [-0.25, -0.2) is 4.39 Å². The number of anilines is 1. The molecule has 2 heterocycles. The average Bonchev–Trinajstić information content (AvgIpc) is 3.11. The minimum atomic E-state index is -0.234. The van der Waals surface area contributed by atoms with E-state index in [-0.39, 0.29) is 11.7 Å². The maximum atomic E-state index is 13.1. The van der Waals surface area contributed by atoms with Crippen molar-refractivity contribution < 1.29 is 13.6 Å². The van der Waals surface area contributed by atoms with E-state index in [1.54, 1.807) is 12.1 Å². The van der Waals surface area contributed by atoms with E-state index in [4.69, 9.17) is 4.42 Å². The summed E-state index contributed by atoms with van der Waals surface area (Å²) in [6.07, 6.45) is 2.61. The molecule has 0 radical (unpaired) electrons. The van der Waals surface area contributed by atoms with E-state index in [1.807, 2.05) is 35.2 Å². The summed E-state index contributed by atoms with van der Waals surface area (Å²) < 4.78 is 18.9. The second kappa shape index (κ2) is 9.52. The van der Waals surface area contributed by atoms with Gasteiger partial charge in [0.2, 0.25) is 17.7 Å². The van der Waals surface area contributed by atoms with E-state index in [0.29, 0.717) is 37.6 Å². The van der Waals surface area contributed by atoms with Crippen LogP contribution >= 0.6 is 0 Å². The van der Waals surface area contributed by atoms with Crippen LogP contribution in [0.3, 0.4) is 0 Å². The third kappa shape index (κ3) is 5.03. The molecule has 0 N–H and O–H groups in total. The maximum absolute atomic E-state index is 13.1. The topological polar surface area (TPSA) is 62.5 Å². The average molecular weight is 408 g/mol. The number of aryl methyl sites for hydroxylation is 1. The smallest absolute Gasteiger partial charge is 0.247 e. The van der Waals surface area contributed by atoms with Crippen LogP contribution in [-0.2, 0) is 11.2 Å². The largest absolute Gasteiger partial charge is 0.421 e. The predicted octanol–water partition coefficient (Wildman–Crippen LogP) is 3.94. The number of halogens is 1. The Kier molecular flexibility index (Phi) is 6.37. The summed E-state index contributed by atoms with van der Waals surface area (Å²) in [5.41, 5.74) is 1.89. The van der Waals surface area contributed by atoms with E-state index in [2.05, 4.69) is 15.1 Å². The van der Waals surface area contributed by atoms with Gasteiger partial charge in [0.15, 0.2) is 0 Å². The van der Waals surface area contributed by atoms with Gasteiger partial charge in [0.05, 0.1) is 0 Å². The van der Waals surface area contributed by atoms with Crippen molar-refractivity contribution in [2.75, 3.05) is 31.1 Å². The van der Waals surface area contributed by atoms with E-state index >= 15 is 0 Å². The number of nitrogens with zero attached hydrogens (tertiary/aromatic N) is 4. The lowest BCUT2D eigenvalue weighted by Crippen LogP contribution is -2.35.